The molecule has 80 valence electrons. The molecule has 2 aromatic heterocycles. The molecule has 0 amide bonds. The molecular weight excluding hydrogens is 229 g/mol. The summed E-state index contributed by atoms with van der Waals surface area (Å²) in [6.45, 7) is 0. The van der Waals surface area contributed by atoms with E-state index < -0.39 is 11.9 Å². The summed E-state index contributed by atoms with van der Waals surface area (Å²) >= 11 is 1.05. The molecule has 0 aliphatic carbocycles. The quantitative estimate of drug-likeness (QED) is 0.820. The van der Waals surface area contributed by atoms with Crippen LogP contribution in [0.25, 0.3) is 5.13 Å². The maximum atomic E-state index is 12.5. The average molecular weight is 234 g/mol. The zero-order valence-corrected chi connectivity index (χ0v) is 8.01. The van der Waals surface area contributed by atoms with Crippen molar-refractivity contribution in [1.82, 2.24) is 14.8 Å². The third-order valence-electron chi connectivity index (χ3n) is 1.62. The molecule has 0 saturated carbocycles. The van der Waals surface area contributed by atoms with Gasteiger partial charge in [-0.05, 0) is 0 Å². The fraction of sp³-hybridized carbons (Fsp3) is 0.143. The van der Waals surface area contributed by atoms with Gasteiger partial charge in [-0.2, -0.15) is 17.9 Å². The molecule has 0 radical (unpaired) electrons. The molecule has 0 aromatic carbocycles. The van der Waals surface area contributed by atoms with Crippen LogP contribution in [0.1, 0.15) is 5.69 Å². The maximum absolute atomic E-state index is 12.5. The predicted octanol–water partition coefficient (Wildman–Crippen LogP) is 1.93. The van der Waals surface area contributed by atoms with E-state index in [1.165, 1.54) is 6.20 Å². The Kier molecular flexibility index (Phi) is 2.14. The Morgan fingerprint density at radius 3 is 2.67 bits per heavy atom. The summed E-state index contributed by atoms with van der Waals surface area (Å²) in [5, 5.41) is 5.24. The molecule has 0 atom stereocenters. The third-order valence-corrected chi connectivity index (χ3v) is 2.37. The maximum Gasteiger partial charge on any atom is 0.433 e. The molecule has 0 aliphatic heterocycles. The number of hydrogen-bond acceptors (Lipinski definition) is 4. The van der Waals surface area contributed by atoms with Crippen LogP contribution in [0.2, 0.25) is 0 Å². The fourth-order valence-electron chi connectivity index (χ4n) is 1.07. The van der Waals surface area contributed by atoms with Crippen molar-refractivity contribution in [3.8, 4) is 5.13 Å². The molecule has 8 heteroatoms. The van der Waals surface area contributed by atoms with Crippen LogP contribution in [0, 0.1) is 0 Å². The lowest BCUT2D eigenvalue weighted by Gasteiger charge is -2.06. The van der Waals surface area contributed by atoms with E-state index in [1.807, 2.05) is 0 Å². The number of anilines is 1. The highest BCUT2D eigenvalue weighted by atomic mass is 32.1. The van der Waals surface area contributed by atoms with Crippen molar-refractivity contribution in [3.05, 3.63) is 23.3 Å². The van der Waals surface area contributed by atoms with Gasteiger partial charge in [0.05, 0.1) is 0 Å². The van der Waals surface area contributed by atoms with E-state index in [1.54, 1.807) is 5.38 Å². The summed E-state index contributed by atoms with van der Waals surface area (Å²) in [6.07, 6.45) is -3.09. The SMILES string of the molecule is Nc1cc(C(F)(F)F)n(-c2nccs2)n1. The van der Waals surface area contributed by atoms with E-state index in [0.717, 1.165) is 17.4 Å². The Bertz CT molecular complexity index is 459. The highest BCUT2D eigenvalue weighted by Gasteiger charge is 2.36. The lowest BCUT2D eigenvalue weighted by atomic mass is 10.4. The van der Waals surface area contributed by atoms with Crippen LogP contribution < -0.4 is 5.73 Å². The fourth-order valence-corrected chi connectivity index (χ4v) is 1.67. The number of aromatic nitrogens is 3. The first-order chi connectivity index (χ1) is 6.98. The molecule has 2 heterocycles. The van der Waals surface area contributed by atoms with Crippen LogP contribution in [0.3, 0.4) is 0 Å². The van der Waals surface area contributed by atoms with Crippen molar-refractivity contribution in [3.63, 3.8) is 0 Å². The second kappa shape index (κ2) is 3.23. The molecule has 0 aliphatic rings. The van der Waals surface area contributed by atoms with Crippen LogP contribution in [0.4, 0.5) is 19.0 Å². The van der Waals surface area contributed by atoms with Crippen molar-refractivity contribution in [2.45, 2.75) is 6.18 Å². The standard InChI is InChI=1S/C7H5F3N4S/c8-7(9,10)4-3-5(11)13-14(4)6-12-1-2-15-6/h1-3H,(H2,11,13). The molecule has 2 rings (SSSR count). The van der Waals surface area contributed by atoms with Gasteiger partial charge in [-0.1, -0.05) is 0 Å². The third kappa shape index (κ3) is 1.80. The van der Waals surface area contributed by atoms with Gasteiger partial charge in [0.15, 0.2) is 5.69 Å². The number of hydrogen-bond donors (Lipinski definition) is 1. The number of nitrogens with zero attached hydrogens (tertiary/aromatic N) is 3. The van der Waals surface area contributed by atoms with Gasteiger partial charge in [0.25, 0.3) is 0 Å². The summed E-state index contributed by atoms with van der Waals surface area (Å²) in [7, 11) is 0. The minimum atomic E-state index is -4.49. The number of nitrogens with two attached hydrogens (primary N) is 1. The van der Waals surface area contributed by atoms with Crippen molar-refractivity contribution < 1.29 is 13.2 Å². The Hall–Kier alpha value is -1.57. The summed E-state index contributed by atoms with van der Waals surface area (Å²) in [5.74, 6) is -0.183. The monoisotopic (exact) mass is 234 g/mol. The van der Waals surface area contributed by atoms with Crippen LogP contribution in [0.5, 0.6) is 0 Å². The molecular formula is C7H5F3N4S. The zero-order valence-electron chi connectivity index (χ0n) is 7.19. The van der Waals surface area contributed by atoms with Crippen molar-refractivity contribution >= 4 is 17.2 Å². The highest BCUT2D eigenvalue weighted by molar-refractivity contribution is 7.12. The summed E-state index contributed by atoms with van der Waals surface area (Å²) in [6, 6.07) is 0.779. The Morgan fingerprint density at radius 1 is 1.40 bits per heavy atom. The summed E-state index contributed by atoms with van der Waals surface area (Å²) in [5.41, 5.74) is 4.31. The van der Waals surface area contributed by atoms with Gasteiger partial charge in [-0.15, -0.1) is 16.4 Å². The minimum Gasteiger partial charge on any atom is -0.382 e. The number of halogens is 3. The average Bonchev–Trinajstić information content (AvgIpc) is 2.68. The first-order valence-corrected chi connectivity index (χ1v) is 4.69. The van der Waals surface area contributed by atoms with Gasteiger partial charge < -0.3 is 5.73 Å². The number of thiazole rings is 1. The zero-order chi connectivity index (χ0) is 11.1. The van der Waals surface area contributed by atoms with Crippen molar-refractivity contribution in [1.29, 1.82) is 0 Å². The van der Waals surface area contributed by atoms with Gasteiger partial charge in [0.1, 0.15) is 5.82 Å². The van der Waals surface area contributed by atoms with E-state index in [9.17, 15) is 13.2 Å². The molecule has 2 aromatic rings. The topological polar surface area (TPSA) is 56.7 Å². The van der Waals surface area contributed by atoms with E-state index in [2.05, 4.69) is 10.1 Å². The van der Waals surface area contributed by atoms with Gasteiger partial charge in [0.2, 0.25) is 5.13 Å². The van der Waals surface area contributed by atoms with Gasteiger partial charge in [-0.25, -0.2) is 4.98 Å². The van der Waals surface area contributed by atoms with Gasteiger partial charge in [-0.3, -0.25) is 0 Å². The van der Waals surface area contributed by atoms with Crippen LogP contribution in [-0.4, -0.2) is 14.8 Å². The van der Waals surface area contributed by atoms with E-state index >= 15 is 0 Å². The summed E-state index contributed by atoms with van der Waals surface area (Å²) < 4.78 is 38.2. The lowest BCUT2D eigenvalue weighted by molar-refractivity contribution is -0.142. The summed E-state index contributed by atoms with van der Waals surface area (Å²) in [4.78, 5) is 3.74. The van der Waals surface area contributed by atoms with Crippen LogP contribution >= 0.6 is 11.3 Å². The Morgan fingerprint density at radius 2 is 2.13 bits per heavy atom. The predicted molar refractivity (Wildman–Crippen MR) is 48.7 cm³/mol. The molecule has 2 N–H and O–H groups in total. The molecule has 0 spiro atoms. The smallest absolute Gasteiger partial charge is 0.382 e. The Labute approximate surface area is 86.2 Å². The molecule has 0 saturated heterocycles. The minimum absolute atomic E-state index is 0.138. The number of alkyl halides is 3. The van der Waals surface area contributed by atoms with E-state index in [4.69, 9.17) is 5.73 Å². The highest BCUT2D eigenvalue weighted by Crippen LogP contribution is 2.32. The molecule has 4 nitrogen and oxygen atoms in total. The van der Waals surface area contributed by atoms with Crippen molar-refractivity contribution in [2.75, 3.05) is 5.73 Å². The molecule has 15 heavy (non-hydrogen) atoms. The Balaban J connectivity index is 2.57. The first-order valence-electron chi connectivity index (χ1n) is 3.81. The van der Waals surface area contributed by atoms with E-state index in [0.29, 0.717) is 4.68 Å². The lowest BCUT2D eigenvalue weighted by Crippen LogP contribution is -2.12. The van der Waals surface area contributed by atoms with Crippen molar-refractivity contribution in [2.24, 2.45) is 0 Å². The molecule has 0 unspecified atom stereocenters. The normalized spacial score (nSPS) is 11.9. The van der Waals surface area contributed by atoms with E-state index in [-0.39, 0.29) is 10.9 Å². The second-order valence-corrected chi connectivity index (χ2v) is 3.55. The number of nitrogen functional groups attached to an aromatic ring is 1. The van der Waals surface area contributed by atoms with Crippen LogP contribution in [0.15, 0.2) is 17.6 Å². The van der Waals surface area contributed by atoms with Gasteiger partial charge in [0, 0.05) is 17.6 Å². The second-order valence-electron chi connectivity index (χ2n) is 2.68. The molecule has 0 bridgehead atoms. The van der Waals surface area contributed by atoms with Crippen LogP contribution in [-0.2, 0) is 6.18 Å². The molecule has 0 fully saturated rings. The first kappa shape index (κ1) is 9.97. The largest absolute Gasteiger partial charge is 0.433 e. The van der Waals surface area contributed by atoms with Gasteiger partial charge >= 0.3 is 6.18 Å². The number of rotatable bonds is 1.